The smallest absolute Gasteiger partial charge is 0.255 e. The number of aliphatic hydroxyl groups is 3. The van der Waals surface area contributed by atoms with E-state index in [1.165, 1.54) is 19.0 Å². The van der Waals surface area contributed by atoms with Crippen molar-refractivity contribution in [1.29, 1.82) is 0 Å². The highest BCUT2D eigenvalue weighted by Crippen LogP contribution is 2.53. The fourth-order valence-electron chi connectivity index (χ4n) is 6.99. The van der Waals surface area contributed by atoms with E-state index < -0.39 is 86.7 Å². The number of aliphatic hydroxyl groups excluding tert-OH is 2. The molecule has 3 aliphatic carbocycles. The second kappa shape index (κ2) is 9.64. The number of nitrogens with two attached hydrogens (primary N) is 1. The molecular weight excluding hydrogens is 539 g/mol. The summed E-state index contributed by atoms with van der Waals surface area (Å²) in [5.74, 6) is -9.35. The molecule has 1 aromatic rings. The molecule has 0 bridgehead atoms. The number of carbonyl (C=O) groups is 4. The molecule has 2 amide bonds. The number of nitrogens with zero attached hydrogens (tertiary/aromatic N) is 2. The number of hydrogen-bond acceptors (Lipinski definition) is 10. The summed E-state index contributed by atoms with van der Waals surface area (Å²) in [6.45, 7) is 4.32. The second-order valence-electron chi connectivity index (χ2n) is 11.9. The van der Waals surface area contributed by atoms with Crippen LogP contribution >= 0.6 is 0 Å². The number of aromatic hydroxyl groups is 1. The Kier molecular flexibility index (Phi) is 6.75. The van der Waals surface area contributed by atoms with Crippen molar-refractivity contribution in [1.82, 2.24) is 9.80 Å². The average Bonchev–Trinajstić information content (AvgIpc) is 3.02. The number of benzene rings is 1. The summed E-state index contributed by atoms with van der Waals surface area (Å²) >= 11 is 0. The number of fused-ring (bicyclic) bond motifs is 4. The number of rotatable bonds is 4. The molecule has 0 unspecified atom stereocenters. The van der Waals surface area contributed by atoms with Crippen molar-refractivity contribution in [3.8, 4) is 5.75 Å². The minimum Gasteiger partial charge on any atom is -0.510 e. The predicted molar refractivity (Wildman–Crippen MR) is 142 cm³/mol. The molecular formula is C28H33FN4O8. The van der Waals surface area contributed by atoms with Gasteiger partial charge in [0.2, 0.25) is 11.7 Å². The van der Waals surface area contributed by atoms with E-state index in [0.717, 1.165) is 0 Å². The van der Waals surface area contributed by atoms with Crippen molar-refractivity contribution >= 4 is 29.1 Å². The molecule has 4 atom stereocenters. The fraction of sp³-hybridized carbons (Fsp3) is 0.500. The fourth-order valence-corrected chi connectivity index (χ4v) is 6.99. The van der Waals surface area contributed by atoms with E-state index in [9.17, 15) is 39.6 Å². The molecule has 12 nitrogen and oxygen atoms in total. The zero-order chi connectivity index (χ0) is 30.3. The van der Waals surface area contributed by atoms with Crippen LogP contribution in [0.2, 0.25) is 0 Å². The first-order valence-electron chi connectivity index (χ1n) is 13.3. The lowest BCUT2D eigenvalue weighted by Crippen LogP contribution is -2.63. The van der Waals surface area contributed by atoms with Gasteiger partial charge in [0.1, 0.15) is 22.9 Å². The molecule has 4 aliphatic rings. The number of primary amides is 1. The number of amides is 2. The molecule has 1 aliphatic heterocycles. The van der Waals surface area contributed by atoms with Gasteiger partial charge in [0.25, 0.3) is 5.91 Å². The number of anilines is 1. The number of ketones is 2. The Balaban J connectivity index is 1.69. The van der Waals surface area contributed by atoms with E-state index in [1.54, 1.807) is 4.90 Å². The van der Waals surface area contributed by atoms with Gasteiger partial charge in [0.15, 0.2) is 17.1 Å². The van der Waals surface area contributed by atoms with Gasteiger partial charge in [-0.2, -0.15) is 0 Å². The maximum Gasteiger partial charge on any atom is 0.255 e. The minimum atomic E-state index is -2.80. The van der Waals surface area contributed by atoms with E-state index in [1.807, 2.05) is 13.8 Å². The van der Waals surface area contributed by atoms with Gasteiger partial charge in [0.05, 0.1) is 23.8 Å². The molecule has 220 valence electrons. The molecule has 0 spiro atoms. The summed E-state index contributed by atoms with van der Waals surface area (Å²) in [5, 5.41) is 47.6. The molecule has 1 aromatic carbocycles. The first-order chi connectivity index (χ1) is 19.1. The average molecular weight is 573 g/mol. The topological polar surface area (TPSA) is 194 Å². The Bertz CT molecular complexity index is 1480. The lowest BCUT2D eigenvalue weighted by molar-refractivity contribution is -0.148. The Hall–Kier alpha value is -3.81. The van der Waals surface area contributed by atoms with Crippen molar-refractivity contribution < 1.29 is 44.0 Å². The molecule has 41 heavy (non-hydrogen) atoms. The molecule has 7 N–H and O–H groups in total. The number of allylic oxidation sites excluding steroid dienone is 1. The predicted octanol–water partition coefficient (Wildman–Crippen LogP) is 0.670. The maximum absolute atomic E-state index is 16.2. The SMILES string of the molecule is CC(C)CN1CC(=O)Nc2c(O)c3c(c(F)c2C1)C[C@H]1C[C@H]2[C@H](N(C)C)C(O)=C(C(N)=O)C(=O)[C@@]2(O)C(O)=C1C3=O. The van der Waals surface area contributed by atoms with E-state index in [4.69, 9.17) is 5.73 Å². The van der Waals surface area contributed by atoms with Crippen molar-refractivity contribution in [3.05, 3.63) is 45.2 Å². The lowest BCUT2D eigenvalue weighted by Gasteiger charge is -2.50. The lowest BCUT2D eigenvalue weighted by atomic mass is 9.58. The summed E-state index contributed by atoms with van der Waals surface area (Å²) in [4.78, 5) is 55.1. The number of carbonyl (C=O) groups excluding carboxylic acids is 4. The van der Waals surface area contributed by atoms with E-state index in [0.29, 0.717) is 6.54 Å². The first kappa shape index (κ1) is 28.7. The van der Waals surface area contributed by atoms with Crippen LogP contribution in [0.5, 0.6) is 5.75 Å². The van der Waals surface area contributed by atoms with Crippen LogP contribution in [0.25, 0.3) is 0 Å². The monoisotopic (exact) mass is 572 g/mol. The molecule has 0 saturated carbocycles. The van der Waals surface area contributed by atoms with Gasteiger partial charge in [-0.1, -0.05) is 13.8 Å². The summed E-state index contributed by atoms with van der Waals surface area (Å²) in [7, 11) is 3.05. The molecule has 0 aromatic heterocycles. The zero-order valence-electron chi connectivity index (χ0n) is 23.1. The number of likely N-dealkylation sites (N-methyl/N-ethyl adjacent to an activating group) is 1. The van der Waals surface area contributed by atoms with Crippen LogP contribution in [0.1, 0.15) is 41.8 Å². The van der Waals surface area contributed by atoms with Crippen molar-refractivity contribution in [2.75, 3.05) is 32.5 Å². The summed E-state index contributed by atoms with van der Waals surface area (Å²) in [6, 6.07) is -1.15. The standard InChI is InChI=1S/C28H33FN4O8/c1-10(2)7-33-8-13-19(29)12-5-11-6-14-21(32(3)4)24(37)18(27(30)40)26(39)28(14,41)25(38)16(11)22(35)17(12)23(36)20(13)31-15(34)9-33/h10-11,14,21,36-38,41H,5-9H2,1-4H3,(H2,30,40)(H,31,34)/t11-,14-,21-,28-/m0/s1. The van der Waals surface area contributed by atoms with Crippen LogP contribution in [0, 0.1) is 23.6 Å². The van der Waals surface area contributed by atoms with Crippen LogP contribution in [-0.4, -0.2) is 92.4 Å². The van der Waals surface area contributed by atoms with Crippen LogP contribution in [0.3, 0.4) is 0 Å². The number of phenolic OH excluding ortho intramolecular Hbond substituents is 1. The summed E-state index contributed by atoms with van der Waals surface area (Å²) < 4.78 is 16.2. The molecule has 1 heterocycles. The third-order valence-corrected chi connectivity index (χ3v) is 8.56. The minimum absolute atomic E-state index is 0.000126. The molecule has 0 fully saturated rings. The third-order valence-electron chi connectivity index (χ3n) is 8.56. The van der Waals surface area contributed by atoms with Crippen LogP contribution in [0.15, 0.2) is 22.7 Å². The van der Waals surface area contributed by atoms with Crippen LogP contribution < -0.4 is 11.1 Å². The largest absolute Gasteiger partial charge is 0.510 e. The van der Waals surface area contributed by atoms with Gasteiger partial charge < -0.3 is 31.5 Å². The van der Waals surface area contributed by atoms with Gasteiger partial charge in [-0.15, -0.1) is 0 Å². The van der Waals surface area contributed by atoms with Gasteiger partial charge >= 0.3 is 0 Å². The Morgan fingerprint density at radius 3 is 2.41 bits per heavy atom. The maximum atomic E-state index is 16.2. The molecule has 0 radical (unpaired) electrons. The van der Waals surface area contributed by atoms with Crippen molar-refractivity contribution in [2.45, 2.75) is 44.9 Å². The highest BCUT2D eigenvalue weighted by atomic mass is 19.1. The normalized spacial score (nSPS) is 28.3. The quantitative estimate of drug-likeness (QED) is 0.221. The second-order valence-corrected chi connectivity index (χ2v) is 11.9. The first-order valence-corrected chi connectivity index (χ1v) is 13.3. The van der Waals surface area contributed by atoms with Gasteiger partial charge in [-0.3, -0.25) is 29.0 Å². The summed E-state index contributed by atoms with van der Waals surface area (Å²) in [5.41, 5.74) is 0.406. The summed E-state index contributed by atoms with van der Waals surface area (Å²) in [6.07, 6.45) is -0.335. The zero-order valence-corrected chi connectivity index (χ0v) is 23.1. The van der Waals surface area contributed by atoms with Gasteiger partial charge in [-0.25, -0.2) is 4.39 Å². The van der Waals surface area contributed by atoms with Gasteiger partial charge in [-0.05, 0) is 38.8 Å². The number of Topliss-reactive ketones (excluding diaryl/α,β-unsaturated/α-hetero) is 2. The van der Waals surface area contributed by atoms with E-state index in [2.05, 4.69) is 5.32 Å². The van der Waals surface area contributed by atoms with Crippen molar-refractivity contribution in [3.63, 3.8) is 0 Å². The number of halogens is 1. The molecule has 0 saturated heterocycles. The highest BCUT2D eigenvalue weighted by Gasteiger charge is 2.63. The number of nitrogens with one attached hydrogen (secondary N) is 1. The van der Waals surface area contributed by atoms with Crippen LogP contribution in [-0.2, 0) is 27.3 Å². The third kappa shape index (κ3) is 4.05. The number of phenols is 1. The highest BCUT2D eigenvalue weighted by molar-refractivity contribution is 6.25. The Labute approximate surface area is 234 Å². The van der Waals surface area contributed by atoms with E-state index >= 15 is 4.39 Å². The van der Waals surface area contributed by atoms with Crippen LogP contribution in [0.4, 0.5) is 10.1 Å². The number of hydrogen-bond donors (Lipinski definition) is 6. The van der Waals surface area contributed by atoms with Crippen molar-refractivity contribution in [2.24, 2.45) is 23.5 Å². The van der Waals surface area contributed by atoms with Gasteiger partial charge in [0, 0.05) is 35.7 Å². The molecule has 5 rings (SSSR count). The Morgan fingerprint density at radius 1 is 1.17 bits per heavy atom. The Morgan fingerprint density at radius 2 is 1.83 bits per heavy atom. The van der Waals surface area contributed by atoms with E-state index in [-0.39, 0.29) is 48.7 Å². The molecule has 13 heteroatoms.